The molecule has 3 rings (SSSR count). The lowest BCUT2D eigenvalue weighted by Gasteiger charge is -2.18. The van der Waals surface area contributed by atoms with Gasteiger partial charge in [-0.15, -0.1) is 0 Å². The molecule has 0 aromatic heterocycles. The van der Waals surface area contributed by atoms with E-state index in [9.17, 15) is 19.2 Å². The van der Waals surface area contributed by atoms with Crippen LogP contribution in [0.4, 0.5) is 0 Å². The lowest BCUT2D eigenvalue weighted by atomic mass is 9.99. The number of nitrogens with one attached hydrogen (secondary N) is 3. The van der Waals surface area contributed by atoms with Gasteiger partial charge in [0.2, 0.25) is 0 Å². The van der Waals surface area contributed by atoms with E-state index in [1.165, 1.54) is 13.0 Å². The van der Waals surface area contributed by atoms with Crippen LogP contribution in [-0.4, -0.2) is 30.0 Å². The molecule has 0 bridgehead atoms. The van der Waals surface area contributed by atoms with E-state index in [0.717, 1.165) is 16.3 Å². The van der Waals surface area contributed by atoms with Crippen molar-refractivity contribution in [1.82, 2.24) is 16.0 Å². The van der Waals surface area contributed by atoms with Crippen LogP contribution in [0.1, 0.15) is 47.8 Å². The lowest BCUT2D eigenvalue weighted by molar-refractivity contribution is -0.139. The number of rotatable bonds is 9. The molecular weight excluding hydrogens is 442 g/mol. The molecular formula is C28H29N3O4. The quantitative estimate of drug-likeness (QED) is 0.252. The van der Waals surface area contributed by atoms with Crippen molar-refractivity contribution in [2.45, 2.75) is 32.9 Å². The van der Waals surface area contributed by atoms with Gasteiger partial charge in [0.05, 0.1) is 6.04 Å². The Morgan fingerprint density at radius 2 is 1.54 bits per heavy atom. The zero-order chi connectivity index (χ0) is 25.2. The Bertz CT molecular complexity index is 1260. The van der Waals surface area contributed by atoms with Crippen molar-refractivity contribution in [3.05, 3.63) is 95.6 Å². The van der Waals surface area contributed by atoms with Crippen LogP contribution in [0.25, 0.3) is 10.8 Å². The first-order valence-corrected chi connectivity index (χ1v) is 11.5. The highest BCUT2D eigenvalue weighted by Gasteiger charge is 2.18. The first-order chi connectivity index (χ1) is 16.9. The maximum absolute atomic E-state index is 13.1. The SMILES string of the molecule is CC(=O)/C=C/CCNC(=O)C(=O)NCc1ccccc1C(=O)NC(C)c1cccc2ccccc12. The van der Waals surface area contributed by atoms with Crippen molar-refractivity contribution in [3.63, 3.8) is 0 Å². The summed E-state index contributed by atoms with van der Waals surface area (Å²) >= 11 is 0. The highest BCUT2D eigenvalue weighted by atomic mass is 16.2. The van der Waals surface area contributed by atoms with Gasteiger partial charge in [-0.3, -0.25) is 19.2 Å². The molecule has 1 unspecified atom stereocenters. The molecule has 1 atom stereocenters. The minimum atomic E-state index is -0.792. The summed E-state index contributed by atoms with van der Waals surface area (Å²) in [6.07, 6.45) is 3.49. The highest BCUT2D eigenvalue weighted by Crippen LogP contribution is 2.24. The molecule has 3 aromatic carbocycles. The van der Waals surface area contributed by atoms with Crippen LogP contribution in [0, 0.1) is 0 Å². The van der Waals surface area contributed by atoms with E-state index in [1.54, 1.807) is 30.3 Å². The maximum atomic E-state index is 13.1. The fourth-order valence-electron chi connectivity index (χ4n) is 3.73. The molecule has 0 spiro atoms. The van der Waals surface area contributed by atoms with Gasteiger partial charge in [-0.2, -0.15) is 0 Å². The van der Waals surface area contributed by atoms with Crippen molar-refractivity contribution < 1.29 is 19.2 Å². The van der Waals surface area contributed by atoms with Crippen LogP contribution < -0.4 is 16.0 Å². The molecule has 0 aliphatic rings. The second-order valence-electron chi connectivity index (χ2n) is 8.16. The summed E-state index contributed by atoms with van der Waals surface area (Å²) < 4.78 is 0. The fraction of sp³-hybridized carbons (Fsp3) is 0.214. The lowest BCUT2D eigenvalue weighted by Crippen LogP contribution is -2.40. The van der Waals surface area contributed by atoms with E-state index in [-0.39, 0.29) is 30.8 Å². The number of carbonyl (C=O) groups excluding carboxylic acids is 4. The number of carbonyl (C=O) groups is 4. The van der Waals surface area contributed by atoms with E-state index >= 15 is 0 Å². The number of ketones is 1. The van der Waals surface area contributed by atoms with Gasteiger partial charge < -0.3 is 16.0 Å². The van der Waals surface area contributed by atoms with Gasteiger partial charge in [-0.1, -0.05) is 66.7 Å². The Morgan fingerprint density at radius 1 is 0.857 bits per heavy atom. The zero-order valence-corrected chi connectivity index (χ0v) is 19.8. The molecule has 180 valence electrons. The Labute approximate surface area is 204 Å². The Kier molecular flexibility index (Phi) is 8.89. The Hall–Kier alpha value is -4.26. The molecule has 3 amide bonds. The Morgan fingerprint density at radius 3 is 2.34 bits per heavy atom. The molecule has 0 radical (unpaired) electrons. The molecule has 0 heterocycles. The summed E-state index contributed by atoms with van der Waals surface area (Å²) in [7, 11) is 0. The van der Waals surface area contributed by atoms with Gasteiger partial charge in [0.1, 0.15) is 0 Å². The molecule has 0 saturated heterocycles. The molecule has 3 aromatic rings. The number of amides is 3. The first-order valence-electron chi connectivity index (χ1n) is 11.5. The van der Waals surface area contributed by atoms with E-state index in [0.29, 0.717) is 17.5 Å². The minimum absolute atomic E-state index is 0.0305. The predicted molar refractivity (Wildman–Crippen MR) is 136 cm³/mol. The zero-order valence-electron chi connectivity index (χ0n) is 19.8. The van der Waals surface area contributed by atoms with Crippen molar-refractivity contribution in [2.24, 2.45) is 0 Å². The summed E-state index contributed by atoms with van der Waals surface area (Å²) in [5.41, 5.74) is 2.03. The molecule has 7 nitrogen and oxygen atoms in total. The summed E-state index contributed by atoms with van der Waals surface area (Å²) in [6, 6.07) is 20.7. The summed E-state index contributed by atoms with van der Waals surface area (Å²) in [5, 5.41) is 10.3. The predicted octanol–water partition coefficient (Wildman–Crippen LogP) is 3.60. The van der Waals surface area contributed by atoms with Crippen molar-refractivity contribution >= 4 is 34.3 Å². The molecule has 0 aliphatic heterocycles. The number of hydrogen-bond acceptors (Lipinski definition) is 4. The third kappa shape index (κ3) is 7.11. The molecule has 3 N–H and O–H groups in total. The smallest absolute Gasteiger partial charge is 0.309 e. The third-order valence-electron chi connectivity index (χ3n) is 5.49. The summed E-state index contributed by atoms with van der Waals surface area (Å²) in [5.74, 6) is -1.91. The van der Waals surface area contributed by atoms with Crippen molar-refractivity contribution in [1.29, 1.82) is 0 Å². The highest BCUT2D eigenvalue weighted by molar-refractivity contribution is 6.35. The van der Waals surface area contributed by atoms with Gasteiger partial charge in [-0.05, 0) is 54.3 Å². The molecule has 0 saturated carbocycles. The second-order valence-corrected chi connectivity index (χ2v) is 8.16. The van der Waals surface area contributed by atoms with Gasteiger partial charge in [0.25, 0.3) is 5.91 Å². The topological polar surface area (TPSA) is 104 Å². The standard InChI is InChI=1S/C28H29N3O4/c1-19(32)10-7-8-17-29-27(34)28(35)30-18-22-12-4-6-15-25(22)26(33)31-20(2)23-16-9-13-21-11-3-5-14-24(21)23/h3-7,9-16,20H,8,17-18H2,1-2H3,(H,29,34)(H,30,35)(H,31,33)/b10-7+. The van der Waals surface area contributed by atoms with Crippen molar-refractivity contribution in [2.75, 3.05) is 6.54 Å². The van der Waals surface area contributed by atoms with Crippen LogP contribution in [0.3, 0.4) is 0 Å². The monoisotopic (exact) mass is 471 g/mol. The second kappa shape index (κ2) is 12.3. The van der Waals surface area contributed by atoms with Gasteiger partial charge in [-0.25, -0.2) is 0 Å². The fourth-order valence-corrected chi connectivity index (χ4v) is 3.73. The maximum Gasteiger partial charge on any atom is 0.309 e. The molecule has 0 fully saturated rings. The van der Waals surface area contributed by atoms with Gasteiger partial charge >= 0.3 is 11.8 Å². The van der Waals surface area contributed by atoms with Crippen LogP contribution in [0.15, 0.2) is 78.9 Å². The van der Waals surface area contributed by atoms with Crippen LogP contribution in [0.5, 0.6) is 0 Å². The minimum Gasteiger partial charge on any atom is -0.348 e. The van der Waals surface area contributed by atoms with Gasteiger partial charge in [0.15, 0.2) is 5.78 Å². The van der Waals surface area contributed by atoms with Gasteiger partial charge in [0, 0.05) is 18.7 Å². The van der Waals surface area contributed by atoms with Crippen LogP contribution >= 0.6 is 0 Å². The Balaban J connectivity index is 1.60. The average Bonchev–Trinajstić information content (AvgIpc) is 2.86. The van der Waals surface area contributed by atoms with Crippen LogP contribution in [-0.2, 0) is 20.9 Å². The largest absolute Gasteiger partial charge is 0.348 e. The normalized spacial score (nSPS) is 11.7. The average molecular weight is 472 g/mol. The van der Waals surface area contributed by atoms with E-state index < -0.39 is 11.8 Å². The number of hydrogen-bond donors (Lipinski definition) is 3. The number of fused-ring (bicyclic) bond motifs is 1. The molecule has 35 heavy (non-hydrogen) atoms. The van der Waals surface area contributed by atoms with E-state index in [2.05, 4.69) is 16.0 Å². The van der Waals surface area contributed by atoms with E-state index in [4.69, 9.17) is 0 Å². The molecule has 7 heteroatoms. The summed E-state index contributed by atoms with van der Waals surface area (Å²) in [6.45, 7) is 3.63. The molecule has 0 aliphatic carbocycles. The summed E-state index contributed by atoms with van der Waals surface area (Å²) in [4.78, 5) is 48.1. The van der Waals surface area contributed by atoms with Crippen LogP contribution in [0.2, 0.25) is 0 Å². The number of allylic oxidation sites excluding steroid dienone is 1. The third-order valence-corrected chi connectivity index (χ3v) is 5.49. The first kappa shape index (κ1) is 25.4. The van der Waals surface area contributed by atoms with Crippen molar-refractivity contribution in [3.8, 4) is 0 Å². The van der Waals surface area contributed by atoms with E-state index in [1.807, 2.05) is 49.4 Å². The number of benzene rings is 3.